The zero-order valence-corrected chi connectivity index (χ0v) is 15.0. The quantitative estimate of drug-likeness (QED) is 0.823. The van der Waals surface area contributed by atoms with Crippen LogP contribution in [-0.4, -0.2) is 19.8 Å². The van der Waals surface area contributed by atoms with Crippen LogP contribution >= 0.6 is 0 Å². The zero-order valence-electron chi connectivity index (χ0n) is 15.0. The second kappa shape index (κ2) is 6.83. The van der Waals surface area contributed by atoms with Crippen LogP contribution in [0.3, 0.4) is 0 Å². The predicted molar refractivity (Wildman–Crippen MR) is 103 cm³/mol. The molecule has 0 radical (unpaired) electrons. The van der Waals surface area contributed by atoms with E-state index in [2.05, 4.69) is 42.6 Å². The summed E-state index contributed by atoms with van der Waals surface area (Å²) in [7, 11) is 1.70. The second-order valence-electron chi connectivity index (χ2n) is 6.95. The first-order valence-electron chi connectivity index (χ1n) is 9.14. The van der Waals surface area contributed by atoms with Gasteiger partial charge in [0.25, 0.3) is 0 Å². The number of rotatable bonds is 4. The second-order valence-corrected chi connectivity index (χ2v) is 6.95. The maximum absolute atomic E-state index is 6.29. The van der Waals surface area contributed by atoms with Gasteiger partial charge >= 0.3 is 0 Å². The fourth-order valence-electron chi connectivity index (χ4n) is 3.76. The molecule has 25 heavy (non-hydrogen) atoms. The molecule has 1 N–H and O–H groups in total. The van der Waals surface area contributed by atoms with Crippen molar-refractivity contribution in [3.8, 4) is 11.5 Å². The molecule has 1 aliphatic heterocycles. The van der Waals surface area contributed by atoms with E-state index in [1.807, 2.05) is 12.1 Å². The molecule has 0 unspecified atom stereocenters. The SMILES string of the molecule is COc1ccc(C2=Cc3c(C)ccc(OC4CCCC4)c3NC2)cc1. The third kappa shape index (κ3) is 3.23. The third-order valence-electron chi connectivity index (χ3n) is 5.26. The van der Waals surface area contributed by atoms with Crippen molar-refractivity contribution in [1.82, 2.24) is 0 Å². The predicted octanol–water partition coefficient (Wildman–Crippen LogP) is 5.29. The average Bonchev–Trinajstić information content (AvgIpc) is 3.17. The van der Waals surface area contributed by atoms with Gasteiger partial charge in [0.05, 0.1) is 18.9 Å². The van der Waals surface area contributed by atoms with Crippen LogP contribution < -0.4 is 14.8 Å². The first-order valence-corrected chi connectivity index (χ1v) is 9.14. The lowest BCUT2D eigenvalue weighted by molar-refractivity contribution is 0.211. The van der Waals surface area contributed by atoms with Gasteiger partial charge in [0, 0.05) is 12.1 Å². The van der Waals surface area contributed by atoms with Crippen LogP contribution in [0.1, 0.15) is 42.4 Å². The van der Waals surface area contributed by atoms with Crippen molar-refractivity contribution in [1.29, 1.82) is 0 Å². The molecule has 3 nitrogen and oxygen atoms in total. The van der Waals surface area contributed by atoms with E-state index < -0.39 is 0 Å². The largest absolute Gasteiger partial charge is 0.497 e. The highest BCUT2D eigenvalue weighted by Crippen LogP contribution is 2.39. The van der Waals surface area contributed by atoms with Gasteiger partial charge in [0.15, 0.2) is 0 Å². The highest BCUT2D eigenvalue weighted by Gasteiger charge is 2.21. The number of hydrogen-bond acceptors (Lipinski definition) is 3. The topological polar surface area (TPSA) is 30.5 Å². The number of methoxy groups -OCH3 is 1. The molecule has 0 bridgehead atoms. The van der Waals surface area contributed by atoms with E-state index in [0.29, 0.717) is 6.10 Å². The monoisotopic (exact) mass is 335 g/mol. The van der Waals surface area contributed by atoms with Crippen LogP contribution in [0, 0.1) is 6.92 Å². The highest BCUT2D eigenvalue weighted by atomic mass is 16.5. The van der Waals surface area contributed by atoms with Crippen molar-refractivity contribution in [3.05, 3.63) is 53.1 Å². The van der Waals surface area contributed by atoms with Crippen LogP contribution in [0.15, 0.2) is 36.4 Å². The first-order chi connectivity index (χ1) is 12.2. The molecule has 2 aromatic rings. The van der Waals surface area contributed by atoms with E-state index in [-0.39, 0.29) is 0 Å². The Kier molecular flexibility index (Phi) is 4.39. The van der Waals surface area contributed by atoms with Gasteiger partial charge in [-0.05, 0) is 73.6 Å². The van der Waals surface area contributed by atoms with Crippen LogP contribution in [0.5, 0.6) is 11.5 Å². The molecular formula is C22H25NO2. The maximum Gasteiger partial charge on any atom is 0.143 e. The van der Waals surface area contributed by atoms with E-state index >= 15 is 0 Å². The van der Waals surface area contributed by atoms with Crippen molar-refractivity contribution < 1.29 is 9.47 Å². The van der Waals surface area contributed by atoms with E-state index in [1.165, 1.54) is 47.9 Å². The molecule has 1 fully saturated rings. The van der Waals surface area contributed by atoms with Gasteiger partial charge in [-0.25, -0.2) is 0 Å². The Morgan fingerprint density at radius 2 is 1.76 bits per heavy atom. The van der Waals surface area contributed by atoms with E-state index in [9.17, 15) is 0 Å². The Bertz CT molecular complexity index is 786. The number of hydrogen-bond donors (Lipinski definition) is 1. The first kappa shape index (κ1) is 16.1. The van der Waals surface area contributed by atoms with Crippen molar-refractivity contribution in [2.75, 3.05) is 19.0 Å². The lowest BCUT2D eigenvalue weighted by Crippen LogP contribution is -2.16. The van der Waals surface area contributed by atoms with E-state index in [4.69, 9.17) is 9.47 Å². The van der Waals surface area contributed by atoms with Crippen molar-refractivity contribution in [2.24, 2.45) is 0 Å². The normalized spacial score (nSPS) is 16.8. The lowest BCUT2D eigenvalue weighted by atomic mass is 9.95. The Morgan fingerprint density at radius 3 is 2.48 bits per heavy atom. The summed E-state index contributed by atoms with van der Waals surface area (Å²) in [5.74, 6) is 1.88. The Balaban J connectivity index is 1.65. The number of ether oxygens (including phenoxy) is 2. The molecule has 1 aliphatic carbocycles. The summed E-state index contributed by atoms with van der Waals surface area (Å²) in [5, 5.41) is 3.60. The minimum atomic E-state index is 0.376. The Hall–Kier alpha value is -2.42. The summed E-state index contributed by atoms with van der Waals surface area (Å²) in [4.78, 5) is 0. The number of benzene rings is 2. The Labute approximate surface area is 149 Å². The Morgan fingerprint density at radius 1 is 1.00 bits per heavy atom. The molecule has 1 saturated carbocycles. The molecule has 0 saturated heterocycles. The molecule has 0 amide bonds. The van der Waals surface area contributed by atoms with Crippen molar-refractivity contribution >= 4 is 17.3 Å². The number of aryl methyl sites for hydroxylation is 1. The number of anilines is 1. The summed E-state index contributed by atoms with van der Waals surface area (Å²) in [6.07, 6.45) is 7.59. The highest BCUT2D eigenvalue weighted by molar-refractivity contribution is 5.93. The minimum Gasteiger partial charge on any atom is -0.497 e. The van der Waals surface area contributed by atoms with Crippen molar-refractivity contribution in [2.45, 2.75) is 38.7 Å². The molecule has 0 spiro atoms. The van der Waals surface area contributed by atoms with E-state index in [0.717, 1.165) is 23.7 Å². The fraction of sp³-hybridized carbons (Fsp3) is 0.364. The van der Waals surface area contributed by atoms with Crippen LogP contribution in [-0.2, 0) is 0 Å². The minimum absolute atomic E-state index is 0.376. The summed E-state index contributed by atoms with van der Waals surface area (Å²) in [6.45, 7) is 2.97. The number of nitrogens with one attached hydrogen (secondary N) is 1. The van der Waals surface area contributed by atoms with Gasteiger partial charge in [0.1, 0.15) is 11.5 Å². The lowest BCUT2D eigenvalue weighted by Gasteiger charge is -2.25. The summed E-state index contributed by atoms with van der Waals surface area (Å²) >= 11 is 0. The van der Waals surface area contributed by atoms with Gasteiger partial charge in [-0.1, -0.05) is 18.2 Å². The standard InChI is InChI=1S/C22H25NO2/c1-15-7-12-21(25-19-5-3-4-6-19)22-20(15)13-17(14-23-22)16-8-10-18(24-2)11-9-16/h7-13,19,23H,3-6,14H2,1-2H3. The van der Waals surface area contributed by atoms with Gasteiger partial charge < -0.3 is 14.8 Å². The maximum atomic E-state index is 6.29. The summed E-state index contributed by atoms with van der Waals surface area (Å²) in [6, 6.07) is 12.5. The number of fused-ring (bicyclic) bond motifs is 1. The molecule has 0 atom stereocenters. The summed E-state index contributed by atoms with van der Waals surface area (Å²) < 4.78 is 11.6. The third-order valence-corrected chi connectivity index (χ3v) is 5.26. The molecule has 4 rings (SSSR count). The van der Waals surface area contributed by atoms with Gasteiger partial charge in [0.2, 0.25) is 0 Å². The van der Waals surface area contributed by atoms with Crippen molar-refractivity contribution in [3.63, 3.8) is 0 Å². The molecule has 3 heteroatoms. The zero-order chi connectivity index (χ0) is 17.2. The van der Waals surface area contributed by atoms with Crippen LogP contribution in [0.2, 0.25) is 0 Å². The molecule has 2 aliphatic rings. The summed E-state index contributed by atoms with van der Waals surface area (Å²) in [5.41, 5.74) is 6.17. The van der Waals surface area contributed by atoms with Crippen LogP contribution in [0.25, 0.3) is 11.6 Å². The molecule has 0 aromatic heterocycles. The van der Waals surface area contributed by atoms with E-state index in [1.54, 1.807) is 7.11 Å². The van der Waals surface area contributed by atoms with Gasteiger partial charge in [-0.3, -0.25) is 0 Å². The molecule has 130 valence electrons. The van der Waals surface area contributed by atoms with Crippen LogP contribution in [0.4, 0.5) is 5.69 Å². The van der Waals surface area contributed by atoms with Gasteiger partial charge in [-0.15, -0.1) is 0 Å². The average molecular weight is 335 g/mol. The molecule has 1 heterocycles. The fourth-order valence-corrected chi connectivity index (χ4v) is 3.76. The molecular weight excluding hydrogens is 310 g/mol. The smallest absolute Gasteiger partial charge is 0.143 e. The molecule has 2 aromatic carbocycles. The van der Waals surface area contributed by atoms with Gasteiger partial charge in [-0.2, -0.15) is 0 Å².